The van der Waals surface area contributed by atoms with Crippen LogP contribution in [0, 0.1) is 0 Å². The van der Waals surface area contributed by atoms with Crippen LogP contribution in [-0.4, -0.2) is 142 Å². The van der Waals surface area contributed by atoms with E-state index in [0.717, 1.165) is 64.2 Å². The Balaban J connectivity index is 1.74. The van der Waals surface area contributed by atoms with Crippen molar-refractivity contribution in [3.63, 3.8) is 0 Å². The van der Waals surface area contributed by atoms with Gasteiger partial charge in [-0.15, -0.1) is 0 Å². The average molecular weight is 929 g/mol. The van der Waals surface area contributed by atoms with Crippen molar-refractivity contribution < 1.29 is 69.0 Å². The van der Waals surface area contributed by atoms with Gasteiger partial charge in [0.05, 0.1) is 26.4 Å². The molecular formula is C51H92O14. The van der Waals surface area contributed by atoms with Crippen LogP contribution in [0.5, 0.6) is 0 Å². The normalized spacial score (nSPS) is 26.8. The largest absolute Gasteiger partial charge is 0.457 e. The standard InChI is InChI=1S/C51H92O14/c1-3-5-7-9-11-13-15-16-17-18-19-20-21-22-23-25-27-29-31-33-35-60-37-40(63-43(53)34-32-30-28-26-24-14-12-10-8-6-4-2)38-61-50-49(59)47(57)45(55)42(65-50)39-62-51-48(58)46(56)44(54)41(36-52)64-51/h10-13,16-17,40-42,44-52,54-59H,3-9,14-15,18-39H2,1-2H3/b12-10-,13-11-,17-16-. The van der Waals surface area contributed by atoms with Crippen LogP contribution in [0.4, 0.5) is 0 Å². The Bertz CT molecular complexity index is 1220. The van der Waals surface area contributed by atoms with Gasteiger partial charge in [-0.2, -0.15) is 0 Å². The highest BCUT2D eigenvalue weighted by atomic mass is 16.7. The van der Waals surface area contributed by atoms with E-state index < -0.39 is 80.7 Å². The quantitative estimate of drug-likeness (QED) is 0.0181. The molecule has 7 N–H and O–H groups in total. The maximum atomic E-state index is 13.0. The number of aliphatic hydroxyl groups is 7. The lowest BCUT2D eigenvalue weighted by Gasteiger charge is -2.42. The zero-order chi connectivity index (χ0) is 47.3. The van der Waals surface area contributed by atoms with Crippen LogP contribution in [0.15, 0.2) is 36.5 Å². The summed E-state index contributed by atoms with van der Waals surface area (Å²) in [5.74, 6) is -0.388. The molecule has 2 rings (SSSR count). The van der Waals surface area contributed by atoms with Crippen LogP contribution in [0.25, 0.3) is 0 Å². The minimum Gasteiger partial charge on any atom is -0.457 e. The van der Waals surface area contributed by atoms with Crippen molar-refractivity contribution in [1.29, 1.82) is 0 Å². The fourth-order valence-corrected chi connectivity index (χ4v) is 7.88. The van der Waals surface area contributed by atoms with Crippen molar-refractivity contribution in [2.45, 2.75) is 248 Å². The molecule has 0 bridgehead atoms. The third-order valence-electron chi connectivity index (χ3n) is 12.1. The summed E-state index contributed by atoms with van der Waals surface area (Å²) in [7, 11) is 0. The number of hydrogen-bond acceptors (Lipinski definition) is 14. The van der Waals surface area contributed by atoms with Crippen LogP contribution >= 0.6 is 0 Å². The van der Waals surface area contributed by atoms with Crippen molar-refractivity contribution in [1.82, 2.24) is 0 Å². The summed E-state index contributed by atoms with van der Waals surface area (Å²) in [5.41, 5.74) is 0. The van der Waals surface area contributed by atoms with E-state index in [0.29, 0.717) is 13.0 Å². The van der Waals surface area contributed by atoms with Crippen LogP contribution in [-0.2, 0) is 33.2 Å². The molecule has 11 atom stereocenters. The third kappa shape index (κ3) is 27.1. The van der Waals surface area contributed by atoms with Gasteiger partial charge in [0.25, 0.3) is 0 Å². The summed E-state index contributed by atoms with van der Waals surface area (Å²) >= 11 is 0. The fraction of sp³-hybridized carbons (Fsp3) is 0.863. The van der Waals surface area contributed by atoms with Gasteiger partial charge >= 0.3 is 5.97 Å². The molecule has 0 spiro atoms. The van der Waals surface area contributed by atoms with E-state index in [2.05, 4.69) is 50.3 Å². The number of carbonyl (C=O) groups is 1. The van der Waals surface area contributed by atoms with Gasteiger partial charge in [0.15, 0.2) is 12.6 Å². The Morgan fingerprint density at radius 3 is 1.54 bits per heavy atom. The Hall–Kier alpha value is -1.79. The number of rotatable bonds is 40. The first kappa shape index (κ1) is 59.3. The van der Waals surface area contributed by atoms with Crippen LogP contribution < -0.4 is 0 Å². The van der Waals surface area contributed by atoms with Crippen molar-refractivity contribution in [3.05, 3.63) is 36.5 Å². The first-order valence-electron chi connectivity index (χ1n) is 25.6. The lowest BCUT2D eigenvalue weighted by Crippen LogP contribution is -2.61. The molecule has 2 aliphatic rings. The van der Waals surface area contributed by atoms with E-state index in [1.807, 2.05) is 0 Å². The molecule has 380 valence electrons. The van der Waals surface area contributed by atoms with Crippen molar-refractivity contribution in [2.75, 3.05) is 33.0 Å². The number of ether oxygens (including phenoxy) is 6. The number of hydrogen-bond donors (Lipinski definition) is 7. The minimum atomic E-state index is -1.71. The molecule has 14 nitrogen and oxygen atoms in total. The maximum absolute atomic E-state index is 13.0. The number of unbranched alkanes of at least 4 members (excludes halogenated alkanes) is 20. The lowest BCUT2D eigenvalue weighted by molar-refractivity contribution is -0.332. The summed E-state index contributed by atoms with van der Waals surface area (Å²) in [6.45, 7) is 3.60. The molecule has 14 heteroatoms. The van der Waals surface area contributed by atoms with Crippen LogP contribution in [0.3, 0.4) is 0 Å². The SMILES string of the molecule is CCCC/C=C\CCCCCCCC(=O)OC(COCCCCCCCCCCCC/C=C\C/C=C\CCCCC)COC1OC(COC2OC(CO)C(O)C(O)C2O)C(O)C(O)C1O. The molecule has 2 heterocycles. The van der Waals surface area contributed by atoms with Gasteiger partial charge in [-0.05, 0) is 64.2 Å². The van der Waals surface area contributed by atoms with Gasteiger partial charge in [-0.3, -0.25) is 4.79 Å². The predicted molar refractivity (Wildman–Crippen MR) is 252 cm³/mol. The van der Waals surface area contributed by atoms with E-state index in [9.17, 15) is 40.5 Å². The average Bonchev–Trinajstić information content (AvgIpc) is 3.30. The number of aliphatic hydroxyl groups excluding tert-OH is 7. The molecule has 0 amide bonds. The van der Waals surface area contributed by atoms with E-state index in [1.54, 1.807) is 0 Å². The van der Waals surface area contributed by atoms with Gasteiger partial charge < -0.3 is 64.2 Å². The van der Waals surface area contributed by atoms with Crippen LogP contribution in [0.2, 0.25) is 0 Å². The highest BCUT2D eigenvalue weighted by Gasteiger charge is 2.47. The monoisotopic (exact) mass is 929 g/mol. The van der Waals surface area contributed by atoms with E-state index in [-0.39, 0.29) is 25.6 Å². The zero-order valence-electron chi connectivity index (χ0n) is 40.2. The van der Waals surface area contributed by atoms with Gasteiger partial charge in [-0.25, -0.2) is 0 Å². The van der Waals surface area contributed by atoms with Crippen LogP contribution in [0.1, 0.15) is 181 Å². The summed E-state index contributed by atoms with van der Waals surface area (Å²) in [5, 5.41) is 72.0. The van der Waals surface area contributed by atoms with E-state index >= 15 is 0 Å². The molecule has 0 aromatic rings. The van der Waals surface area contributed by atoms with Gasteiger partial charge in [-0.1, -0.05) is 147 Å². The fourth-order valence-electron chi connectivity index (χ4n) is 7.88. The van der Waals surface area contributed by atoms with Crippen molar-refractivity contribution >= 4 is 5.97 Å². The second-order valence-electron chi connectivity index (χ2n) is 18.0. The number of esters is 1. The summed E-state index contributed by atoms with van der Waals surface area (Å²) in [6.07, 6.45) is 26.4. The first-order chi connectivity index (χ1) is 31.6. The highest BCUT2D eigenvalue weighted by Crippen LogP contribution is 2.26. The lowest BCUT2D eigenvalue weighted by atomic mass is 9.98. The van der Waals surface area contributed by atoms with Crippen molar-refractivity contribution in [3.8, 4) is 0 Å². The molecule has 0 aromatic carbocycles. The molecule has 2 fully saturated rings. The maximum Gasteiger partial charge on any atom is 0.306 e. The molecule has 0 radical (unpaired) electrons. The molecule has 65 heavy (non-hydrogen) atoms. The molecule has 2 saturated heterocycles. The minimum absolute atomic E-state index is 0.0567. The topological polar surface area (TPSA) is 214 Å². The predicted octanol–water partition coefficient (Wildman–Crippen LogP) is 7.41. The molecule has 0 saturated carbocycles. The van der Waals surface area contributed by atoms with Crippen molar-refractivity contribution in [2.24, 2.45) is 0 Å². The second kappa shape index (κ2) is 39.1. The Morgan fingerprint density at radius 1 is 0.508 bits per heavy atom. The second-order valence-corrected chi connectivity index (χ2v) is 18.0. The summed E-state index contributed by atoms with van der Waals surface area (Å²) in [6, 6.07) is 0. The zero-order valence-corrected chi connectivity index (χ0v) is 40.2. The van der Waals surface area contributed by atoms with Gasteiger partial charge in [0.2, 0.25) is 0 Å². The summed E-state index contributed by atoms with van der Waals surface area (Å²) < 4.78 is 34.2. The van der Waals surface area contributed by atoms with Gasteiger partial charge in [0.1, 0.15) is 54.9 Å². The van der Waals surface area contributed by atoms with Gasteiger partial charge in [0, 0.05) is 13.0 Å². The third-order valence-corrected chi connectivity index (χ3v) is 12.1. The number of carbonyl (C=O) groups excluding carboxylic acids is 1. The molecule has 0 aromatic heterocycles. The van der Waals surface area contributed by atoms with E-state index in [1.165, 1.54) is 89.9 Å². The summed E-state index contributed by atoms with van der Waals surface area (Å²) in [4.78, 5) is 13.0. The highest BCUT2D eigenvalue weighted by molar-refractivity contribution is 5.69. The first-order valence-corrected chi connectivity index (χ1v) is 25.6. The smallest absolute Gasteiger partial charge is 0.306 e. The molecule has 11 unspecified atom stereocenters. The molecular weight excluding hydrogens is 837 g/mol. The molecule has 0 aliphatic carbocycles. The van der Waals surface area contributed by atoms with E-state index in [4.69, 9.17) is 28.4 Å². The Kier molecular flexibility index (Phi) is 35.7. The Labute approximate surface area is 391 Å². The Morgan fingerprint density at radius 2 is 0.969 bits per heavy atom. The number of allylic oxidation sites excluding steroid dienone is 6. The molecule has 2 aliphatic heterocycles.